The van der Waals surface area contributed by atoms with Crippen LogP contribution in [-0.2, 0) is 0 Å². The van der Waals surface area contributed by atoms with Crippen molar-refractivity contribution in [3.8, 4) is 17.2 Å². The molecule has 2 rings (SSSR count). The maximum atomic E-state index is 5.95. The van der Waals surface area contributed by atoms with Crippen molar-refractivity contribution in [2.24, 2.45) is 5.73 Å². The number of nitrogens with zero attached hydrogens (tertiary/aromatic N) is 2. The second-order valence-electron chi connectivity index (χ2n) is 3.94. The number of methoxy groups -OCH3 is 1. The van der Waals surface area contributed by atoms with Crippen LogP contribution in [0.25, 0.3) is 11.5 Å². The van der Waals surface area contributed by atoms with Crippen molar-refractivity contribution in [3.05, 3.63) is 29.0 Å². The number of halogens is 1. The Balaban J connectivity index is 2.42. The van der Waals surface area contributed by atoms with Crippen LogP contribution in [-0.4, -0.2) is 23.8 Å². The molecule has 1 aromatic carbocycles. The first-order valence-electron chi connectivity index (χ1n) is 5.53. The highest BCUT2D eigenvalue weighted by atomic mass is 35.5. The average molecular weight is 268 g/mol. The Hall–Kier alpha value is -1.59. The molecule has 96 valence electrons. The molecule has 0 saturated carbocycles. The number of ether oxygens (including phenoxy) is 1. The Labute approximate surface area is 110 Å². The van der Waals surface area contributed by atoms with Gasteiger partial charge in [0, 0.05) is 17.5 Å². The summed E-state index contributed by atoms with van der Waals surface area (Å²) in [6, 6.07) is 5.22. The highest BCUT2D eigenvalue weighted by Gasteiger charge is 2.17. The van der Waals surface area contributed by atoms with E-state index in [2.05, 4.69) is 10.1 Å². The Morgan fingerprint density at radius 1 is 1.50 bits per heavy atom. The molecule has 1 heterocycles. The molecule has 5 nitrogen and oxygen atoms in total. The van der Waals surface area contributed by atoms with Crippen molar-refractivity contribution in [3.63, 3.8) is 0 Å². The number of nitrogens with two attached hydrogens (primary N) is 1. The molecular weight excluding hydrogens is 254 g/mol. The number of hydrogen-bond acceptors (Lipinski definition) is 5. The van der Waals surface area contributed by atoms with Crippen molar-refractivity contribution in [1.29, 1.82) is 0 Å². The van der Waals surface area contributed by atoms with Crippen LogP contribution >= 0.6 is 11.6 Å². The molecule has 0 amide bonds. The molecule has 0 bridgehead atoms. The SMILES string of the molecule is COc1ccc(Cl)cc1-c1nc(C(C)CN)no1. The zero-order valence-electron chi connectivity index (χ0n) is 10.2. The van der Waals surface area contributed by atoms with E-state index in [0.717, 1.165) is 0 Å². The van der Waals surface area contributed by atoms with E-state index in [0.29, 0.717) is 34.6 Å². The molecular formula is C12H14ClN3O2. The Kier molecular flexibility index (Phi) is 3.84. The minimum Gasteiger partial charge on any atom is -0.496 e. The van der Waals surface area contributed by atoms with Gasteiger partial charge in [-0.25, -0.2) is 0 Å². The van der Waals surface area contributed by atoms with Gasteiger partial charge in [-0.3, -0.25) is 0 Å². The van der Waals surface area contributed by atoms with Crippen LogP contribution in [0.3, 0.4) is 0 Å². The van der Waals surface area contributed by atoms with Crippen molar-refractivity contribution in [1.82, 2.24) is 10.1 Å². The van der Waals surface area contributed by atoms with E-state index in [1.165, 1.54) is 0 Å². The fourth-order valence-corrected chi connectivity index (χ4v) is 1.67. The van der Waals surface area contributed by atoms with Gasteiger partial charge in [0.2, 0.25) is 0 Å². The fraction of sp³-hybridized carbons (Fsp3) is 0.333. The summed E-state index contributed by atoms with van der Waals surface area (Å²) in [5, 5.41) is 4.48. The first-order valence-corrected chi connectivity index (χ1v) is 5.91. The van der Waals surface area contributed by atoms with Gasteiger partial charge < -0.3 is 15.0 Å². The molecule has 0 aliphatic heterocycles. The lowest BCUT2D eigenvalue weighted by Gasteiger charge is -2.04. The summed E-state index contributed by atoms with van der Waals surface area (Å²) in [6.07, 6.45) is 0. The molecule has 1 atom stereocenters. The normalized spacial score (nSPS) is 12.4. The highest BCUT2D eigenvalue weighted by molar-refractivity contribution is 6.30. The monoisotopic (exact) mass is 267 g/mol. The van der Waals surface area contributed by atoms with Crippen LogP contribution in [0.2, 0.25) is 5.02 Å². The summed E-state index contributed by atoms with van der Waals surface area (Å²) in [6.45, 7) is 2.40. The third-order valence-electron chi connectivity index (χ3n) is 2.63. The molecule has 0 spiro atoms. The minimum absolute atomic E-state index is 0.0488. The second-order valence-corrected chi connectivity index (χ2v) is 4.38. The zero-order chi connectivity index (χ0) is 13.1. The first kappa shape index (κ1) is 12.9. The van der Waals surface area contributed by atoms with E-state index in [4.69, 9.17) is 26.6 Å². The van der Waals surface area contributed by atoms with Gasteiger partial charge in [-0.1, -0.05) is 23.7 Å². The van der Waals surface area contributed by atoms with Crippen LogP contribution in [0.1, 0.15) is 18.7 Å². The Morgan fingerprint density at radius 3 is 2.94 bits per heavy atom. The van der Waals surface area contributed by atoms with Crippen LogP contribution in [0.15, 0.2) is 22.7 Å². The average Bonchev–Trinajstić information content (AvgIpc) is 2.87. The lowest BCUT2D eigenvalue weighted by Crippen LogP contribution is -2.10. The van der Waals surface area contributed by atoms with Gasteiger partial charge in [0.15, 0.2) is 5.82 Å². The molecule has 1 aromatic heterocycles. The van der Waals surface area contributed by atoms with E-state index in [9.17, 15) is 0 Å². The van der Waals surface area contributed by atoms with E-state index >= 15 is 0 Å². The summed E-state index contributed by atoms with van der Waals surface area (Å²) in [7, 11) is 1.58. The van der Waals surface area contributed by atoms with Crippen LogP contribution in [0.4, 0.5) is 0 Å². The third-order valence-corrected chi connectivity index (χ3v) is 2.86. The predicted octanol–water partition coefficient (Wildman–Crippen LogP) is 2.46. The third kappa shape index (κ3) is 2.47. The fourth-order valence-electron chi connectivity index (χ4n) is 1.50. The smallest absolute Gasteiger partial charge is 0.261 e. The Morgan fingerprint density at radius 2 is 2.28 bits per heavy atom. The molecule has 2 aromatic rings. The topological polar surface area (TPSA) is 74.2 Å². The summed E-state index contributed by atoms with van der Waals surface area (Å²) >= 11 is 5.95. The van der Waals surface area contributed by atoms with Gasteiger partial charge in [-0.15, -0.1) is 0 Å². The minimum atomic E-state index is 0.0488. The van der Waals surface area contributed by atoms with Crippen molar-refractivity contribution < 1.29 is 9.26 Å². The molecule has 0 radical (unpaired) electrons. The number of rotatable bonds is 4. The molecule has 2 N–H and O–H groups in total. The summed E-state index contributed by atoms with van der Waals surface area (Å²) in [5.74, 6) is 1.64. The molecule has 0 aliphatic carbocycles. The lowest BCUT2D eigenvalue weighted by atomic mass is 10.1. The Bertz CT molecular complexity index is 542. The van der Waals surface area contributed by atoms with Crippen molar-refractivity contribution in [2.75, 3.05) is 13.7 Å². The van der Waals surface area contributed by atoms with E-state index in [1.54, 1.807) is 25.3 Å². The van der Waals surface area contributed by atoms with E-state index < -0.39 is 0 Å². The summed E-state index contributed by atoms with van der Waals surface area (Å²) in [4.78, 5) is 4.30. The molecule has 0 aliphatic rings. The largest absolute Gasteiger partial charge is 0.496 e. The van der Waals surface area contributed by atoms with E-state index in [1.807, 2.05) is 6.92 Å². The highest BCUT2D eigenvalue weighted by Crippen LogP contribution is 2.31. The molecule has 0 fully saturated rings. The van der Waals surface area contributed by atoms with Crippen LogP contribution < -0.4 is 10.5 Å². The van der Waals surface area contributed by atoms with Gasteiger partial charge in [0.1, 0.15) is 5.75 Å². The van der Waals surface area contributed by atoms with Crippen LogP contribution in [0, 0.1) is 0 Å². The van der Waals surface area contributed by atoms with E-state index in [-0.39, 0.29) is 5.92 Å². The predicted molar refractivity (Wildman–Crippen MR) is 68.8 cm³/mol. The first-order chi connectivity index (χ1) is 8.65. The molecule has 1 unspecified atom stereocenters. The van der Waals surface area contributed by atoms with Crippen molar-refractivity contribution >= 4 is 11.6 Å². The molecule has 0 saturated heterocycles. The van der Waals surface area contributed by atoms with Gasteiger partial charge in [-0.05, 0) is 18.2 Å². The number of benzene rings is 1. The van der Waals surface area contributed by atoms with Gasteiger partial charge in [0.05, 0.1) is 12.7 Å². The molecule has 18 heavy (non-hydrogen) atoms. The zero-order valence-corrected chi connectivity index (χ0v) is 10.9. The number of hydrogen-bond donors (Lipinski definition) is 1. The maximum Gasteiger partial charge on any atom is 0.261 e. The summed E-state index contributed by atoms with van der Waals surface area (Å²) in [5.41, 5.74) is 6.24. The van der Waals surface area contributed by atoms with Crippen molar-refractivity contribution in [2.45, 2.75) is 12.8 Å². The molecule has 6 heteroatoms. The lowest BCUT2D eigenvalue weighted by molar-refractivity contribution is 0.401. The van der Waals surface area contributed by atoms with Gasteiger partial charge in [-0.2, -0.15) is 4.98 Å². The maximum absolute atomic E-state index is 5.95. The standard InChI is InChI=1S/C12H14ClN3O2/c1-7(6-14)11-15-12(18-16-11)9-5-8(13)3-4-10(9)17-2/h3-5,7H,6,14H2,1-2H3. The second kappa shape index (κ2) is 5.37. The van der Waals surface area contributed by atoms with Gasteiger partial charge >= 0.3 is 0 Å². The van der Waals surface area contributed by atoms with Gasteiger partial charge in [0.25, 0.3) is 5.89 Å². The quantitative estimate of drug-likeness (QED) is 0.921. The van der Waals surface area contributed by atoms with Crippen LogP contribution in [0.5, 0.6) is 5.75 Å². The number of aromatic nitrogens is 2. The summed E-state index contributed by atoms with van der Waals surface area (Å²) < 4.78 is 10.5.